The van der Waals surface area contributed by atoms with Gasteiger partial charge < -0.3 is 0 Å². The molecule has 0 N–H and O–H groups in total. The minimum Gasteiger partial charge on any atom is -0.0654 e. The highest BCUT2D eigenvalue weighted by molar-refractivity contribution is 4.85. The van der Waals surface area contributed by atoms with E-state index in [1.54, 1.807) is 0 Å². The second kappa shape index (κ2) is 5.78. The molecule has 0 fully saturated rings. The molecule has 0 unspecified atom stereocenters. The molecule has 0 aliphatic heterocycles. The van der Waals surface area contributed by atoms with Gasteiger partial charge in [0.1, 0.15) is 0 Å². The summed E-state index contributed by atoms with van der Waals surface area (Å²) in [6.07, 6.45) is 8.16. The van der Waals surface area contributed by atoms with Gasteiger partial charge in [-0.1, -0.05) is 67.2 Å². The highest BCUT2D eigenvalue weighted by atomic mass is 14.4. The molecule has 0 heteroatoms. The molecule has 0 nitrogen and oxygen atoms in total. The molecule has 0 heterocycles. The summed E-state index contributed by atoms with van der Waals surface area (Å²) in [6, 6.07) is 0. The third-order valence-electron chi connectivity index (χ3n) is 4.14. The monoisotopic (exact) mass is 198 g/mol. The van der Waals surface area contributed by atoms with Crippen LogP contribution in [-0.4, -0.2) is 0 Å². The van der Waals surface area contributed by atoms with Crippen LogP contribution >= 0.6 is 0 Å². The zero-order valence-corrected chi connectivity index (χ0v) is 11.2. The highest BCUT2D eigenvalue weighted by Gasteiger charge is 2.35. The largest absolute Gasteiger partial charge is 0.0654 e. The van der Waals surface area contributed by atoms with Crippen molar-refractivity contribution in [3.63, 3.8) is 0 Å². The smallest absolute Gasteiger partial charge is 0.0303 e. The molecule has 0 atom stereocenters. The van der Waals surface area contributed by atoms with E-state index in [0.29, 0.717) is 10.8 Å². The molecule has 0 spiro atoms. The maximum Gasteiger partial charge on any atom is -0.0303 e. The molecule has 0 radical (unpaired) electrons. The van der Waals surface area contributed by atoms with E-state index < -0.39 is 0 Å². The average Bonchev–Trinajstić information content (AvgIpc) is 2.11. The Labute approximate surface area is 91.5 Å². The fourth-order valence-corrected chi connectivity index (χ4v) is 1.91. The molecule has 14 heavy (non-hydrogen) atoms. The second-order valence-corrected chi connectivity index (χ2v) is 5.97. The van der Waals surface area contributed by atoms with Gasteiger partial charge >= 0.3 is 0 Å². The minimum absolute atomic E-state index is 0.498. The van der Waals surface area contributed by atoms with E-state index in [9.17, 15) is 0 Å². The molecule has 0 saturated carbocycles. The van der Waals surface area contributed by atoms with E-state index in [1.165, 1.54) is 38.5 Å². The van der Waals surface area contributed by atoms with Crippen molar-refractivity contribution in [3.05, 3.63) is 0 Å². The van der Waals surface area contributed by atoms with Crippen LogP contribution in [0, 0.1) is 10.8 Å². The lowest BCUT2D eigenvalue weighted by Gasteiger charge is -2.42. The third-order valence-corrected chi connectivity index (χ3v) is 4.14. The molecule has 0 aliphatic rings. The van der Waals surface area contributed by atoms with Gasteiger partial charge in [0.25, 0.3) is 0 Å². The summed E-state index contributed by atoms with van der Waals surface area (Å²) in [5, 5.41) is 0. The first-order valence-electron chi connectivity index (χ1n) is 6.37. The van der Waals surface area contributed by atoms with Crippen molar-refractivity contribution in [3.8, 4) is 0 Å². The summed E-state index contributed by atoms with van der Waals surface area (Å²) in [4.78, 5) is 0. The average molecular weight is 198 g/mol. The molecule has 0 saturated heterocycles. The zero-order chi connectivity index (χ0) is 11.2. The lowest BCUT2D eigenvalue weighted by Crippen LogP contribution is -2.32. The van der Waals surface area contributed by atoms with Crippen LogP contribution in [0.25, 0.3) is 0 Å². The fraction of sp³-hybridized carbons (Fsp3) is 1.00. The van der Waals surface area contributed by atoms with E-state index in [1.807, 2.05) is 0 Å². The number of hydrogen-bond acceptors (Lipinski definition) is 0. The summed E-state index contributed by atoms with van der Waals surface area (Å²) in [7, 11) is 0. The molecule has 0 aromatic rings. The van der Waals surface area contributed by atoms with Crippen LogP contribution in [0.5, 0.6) is 0 Å². The summed E-state index contributed by atoms with van der Waals surface area (Å²) in [6.45, 7) is 14.3. The number of unbranched alkanes of at least 4 members (excludes halogenated alkanes) is 2. The Bertz CT molecular complexity index is 124. The van der Waals surface area contributed by atoms with Crippen LogP contribution in [0.15, 0.2) is 0 Å². The SMILES string of the molecule is CCCCC(C)(C)C(C)(C)CCCC. The van der Waals surface area contributed by atoms with E-state index >= 15 is 0 Å². The van der Waals surface area contributed by atoms with Gasteiger partial charge in [0.05, 0.1) is 0 Å². The van der Waals surface area contributed by atoms with Crippen LogP contribution in [0.4, 0.5) is 0 Å². The molecule has 0 rings (SSSR count). The van der Waals surface area contributed by atoms with Crippen molar-refractivity contribution in [2.45, 2.75) is 80.1 Å². The van der Waals surface area contributed by atoms with Gasteiger partial charge in [-0.25, -0.2) is 0 Å². The normalized spacial score (nSPS) is 13.3. The van der Waals surface area contributed by atoms with Gasteiger partial charge in [0, 0.05) is 0 Å². The van der Waals surface area contributed by atoms with E-state index in [0.717, 1.165) is 0 Å². The standard InChI is InChI=1S/C14H30/c1-7-9-11-13(3,4)14(5,6)12-10-8-2/h7-12H2,1-6H3. The molecule has 86 valence electrons. The Morgan fingerprint density at radius 1 is 0.643 bits per heavy atom. The van der Waals surface area contributed by atoms with E-state index in [2.05, 4.69) is 41.5 Å². The van der Waals surface area contributed by atoms with Crippen LogP contribution in [-0.2, 0) is 0 Å². The summed E-state index contributed by atoms with van der Waals surface area (Å²) < 4.78 is 0. The van der Waals surface area contributed by atoms with Crippen LogP contribution in [0.2, 0.25) is 0 Å². The molecule has 0 aromatic heterocycles. The summed E-state index contributed by atoms with van der Waals surface area (Å²) >= 11 is 0. The van der Waals surface area contributed by atoms with Crippen LogP contribution in [0.3, 0.4) is 0 Å². The van der Waals surface area contributed by atoms with Crippen molar-refractivity contribution in [2.24, 2.45) is 10.8 Å². The molecule has 0 amide bonds. The first-order chi connectivity index (χ1) is 6.37. The Morgan fingerprint density at radius 3 is 1.14 bits per heavy atom. The lowest BCUT2D eigenvalue weighted by molar-refractivity contribution is 0.0827. The van der Waals surface area contributed by atoms with Crippen LogP contribution < -0.4 is 0 Å². The molecule has 0 aliphatic carbocycles. The molecule has 0 aromatic carbocycles. The fourth-order valence-electron chi connectivity index (χ4n) is 1.91. The minimum atomic E-state index is 0.498. The predicted molar refractivity (Wildman–Crippen MR) is 66.6 cm³/mol. The van der Waals surface area contributed by atoms with Crippen LogP contribution in [0.1, 0.15) is 80.1 Å². The van der Waals surface area contributed by atoms with Gasteiger partial charge in [-0.2, -0.15) is 0 Å². The third kappa shape index (κ3) is 4.02. The first-order valence-corrected chi connectivity index (χ1v) is 6.37. The lowest BCUT2D eigenvalue weighted by atomic mass is 9.63. The molecule has 0 bridgehead atoms. The van der Waals surface area contributed by atoms with Gasteiger partial charge in [-0.3, -0.25) is 0 Å². The Morgan fingerprint density at radius 2 is 0.929 bits per heavy atom. The second-order valence-electron chi connectivity index (χ2n) is 5.97. The van der Waals surface area contributed by atoms with Crippen molar-refractivity contribution in [2.75, 3.05) is 0 Å². The topological polar surface area (TPSA) is 0 Å². The van der Waals surface area contributed by atoms with Gasteiger partial charge in [0.15, 0.2) is 0 Å². The molecular weight excluding hydrogens is 168 g/mol. The van der Waals surface area contributed by atoms with Gasteiger partial charge in [-0.15, -0.1) is 0 Å². The maximum atomic E-state index is 2.44. The Balaban J connectivity index is 4.20. The predicted octanol–water partition coefficient (Wildman–Crippen LogP) is 5.42. The highest BCUT2D eigenvalue weighted by Crippen LogP contribution is 2.45. The molecular formula is C14H30. The number of rotatable bonds is 7. The summed E-state index contributed by atoms with van der Waals surface area (Å²) in [5.41, 5.74) is 0.996. The van der Waals surface area contributed by atoms with E-state index in [4.69, 9.17) is 0 Å². The van der Waals surface area contributed by atoms with Crippen molar-refractivity contribution in [1.82, 2.24) is 0 Å². The van der Waals surface area contributed by atoms with E-state index in [-0.39, 0.29) is 0 Å². The Hall–Kier alpha value is 0. The quantitative estimate of drug-likeness (QED) is 0.512. The Kier molecular flexibility index (Phi) is 5.78. The maximum absolute atomic E-state index is 2.44. The van der Waals surface area contributed by atoms with Gasteiger partial charge in [-0.05, 0) is 23.7 Å². The van der Waals surface area contributed by atoms with Gasteiger partial charge in [0.2, 0.25) is 0 Å². The van der Waals surface area contributed by atoms with Crippen molar-refractivity contribution >= 4 is 0 Å². The van der Waals surface area contributed by atoms with Crippen molar-refractivity contribution < 1.29 is 0 Å². The zero-order valence-electron chi connectivity index (χ0n) is 11.2. The number of hydrogen-bond donors (Lipinski definition) is 0. The summed E-state index contributed by atoms with van der Waals surface area (Å²) in [5.74, 6) is 0. The first kappa shape index (κ1) is 14.0. The van der Waals surface area contributed by atoms with Crippen molar-refractivity contribution in [1.29, 1.82) is 0 Å².